The highest BCUT2D eigenvalue weighted by atomic mass is 35.5. The van der Waals surface area contributed by atoms with E-state index in [1.165, 1.54) is 0 Å². The van der Waals surface area contributed by atoms with Crippen molar-refractivity contribution in [2.75, 3.05) is 7.11 Å². The number of hydroxylamine groups is 1. The van der Waals surface area contributed by atoms with Gasteiger partial charge in [0.1, 0.15) is 0 Å². The van der Waals surface area contributed by atoms with Crippen LogP contribution in [0.15, 0.2) is 54.6 Å². The Bertz CT molecular complexity index is 605. The molecule has 0 radical (unpaired) electrons. The molecule has 136 valence electrons. The van der Waals surface area contributed by atoms with Crippen molar-refractivity contribution in [2.45, 2.75) is 32.0 Å². The fourth-order valence-corrected chi connectivity index (χ4v) is 2.24. The van der Waals surface area contributed by atoms with Crippen molar-refractivity contribution in [2.24, 2.45) is 0 Å². The average molecular weight is 366 g/mol. The summed E-state index contributed by atoms with van der Waals surface area (Å²) in [6.07, 6.45) is 1.47. The third-order valence-corrected chi connectivity index (χ3v) is 3.82. The minimum Gasteiger partial charge on any atom is -0.392 e. The lowest BCUT2D eigenvalue weighted by Gasteiger charge is -2.13. The SMILES string of the molecule is COC(CCc1ccc(Cl)cc1)CC(=O)NO.OCc1ccccc1. The number of hydrogen-bond donors (Lipinski definition) is 3. The number of nitrogens with one attached hydrogen (secondary N) is 1. The number of methoxy groups -OCH3 is 1. The maximum Gasteiger partial charge on any atom is 0.245 e. The lowest BCUT2D eigenvalue weighted by molar-refractivity contribution is -0.131. The van der Waals surface area contributed by atoms with E-state index in [1.54, 1.807) is 12.6 Å². The lowest BCUT2D eigenvalue weighted by Crippen LogP contribution is -2.25. The lowest BCUT2D eigenvalue weighted by atomic mass is 10.0. The van der Waals surface area contributed by atoms with Gasteiger partial charge in [-0.05, 0) is 36.1 Å². The first-order chi connectivity index (χ1) is 12.1. The highest BCUT2D eigenvalue weighted by Gasteiger charge is 2.12. The summed E-state index contributed by atoms with van der Waals surface area (Å²) in [5, 5.41) is 17.7. The zero-order valence-corrected chi connectivity index (χ0v) is 14.9. The van der Waals surface area contributed by atoms with Crippen LogP contribution in [0.2, 0.25) is 5.02 Å². The number of aliphatic hydroxyl groups excluding tert-OH is 1. The van der Waals surface area contributed by atoms with Crippen molar-refractivity contribution in [1.29, 1.82) is 0 Å². The number of carbonyl (C=O) groups is 1. The number of halogens is 1. The van der Waals surface area contributed by atoms with E-state index in [9.17, 15) is 4.79 Å². The van der Waals surface area contributed by atoms with Crippen LogP contribution in [0, 0.1) is 0 Å². The minimum atomic E-state index is -0.437. The Balaban J connectivity index is 0.000000324. The van der Waals surface area contributed by atoms with Gasteiger partial charge in [-0.25, -0.2) is 5.48 Å². The van der Waals surface area contributed by atoms with Gasteiger partial charge in [0.15, 0.2) is 0 Å². The van der Waals surface area contributed by atoms with Crippen LogP contribution < -0.4 is 5.48 Å². The molecule has 2 aromatic rings. The van der Waals surface area contributed by atoms with E-state index in [2.05, 4.69) is 0 Å². The largest absolute Gasteiger partial charge is 0.392 e. The summed E-state index contributed by atoms with van der Waals surface area (Å²) in [6.45, 7) is 0.140. The van der Waals surface area contributed by atoms with Gasteiger partial charge >= 0.3 is 0 Å². The van der Waals surface area contributed by atoms with Crippen molar-refractivity contribution < 1.29 is 19.8 Å². The van der Waals surface area contributed by atoms with E-state index >= 15 is 0 Å². The summed E-state index contributed by atoms with van der Waals surface area (Å²) in [4.78, 5) is 11.0. The molecule has 0 saturated heterocycles. The molecule has 0 spiro atoms. The number of ether oxygens (including phenoxy) is 1. The predicted molar refractivity (Wildman–Crippen MR) is 97.5 cm³/mol. The van der Waals surface area contributed by atoms with Gasteiger partial charge in [-0.2, -0.15) is 0 Å². The van der Waals surface area contributed by atoms with Crippen LogP contribution >= 0.6 is 11.6 Å². The predicted octanol–water partition coefficient (Wildman–Crippen LogP) is 3.36. The van der Waals surface area contributed by atoms with Crippen LogP contribution in [-0.2, 0) is 22.6 Å². The molecule has 1 amide bonds. The van der Waals surface area contributed by atoms with Crippen molar-refractivity contribution in [3.63, 3.8) is 0 Å². The van der Waals surface area contributed by atoms with Crippen LogP contribution in [0.1, 0.15) is 24.0 Å². The number of hydrogen-bond acceptors (Lipinski definition) is 4. The number of benzene rings is 2. The van der Waals surface area contributed by atoms with E-state index in [0.717, 1.165) is 17.5 Å². The van der Waals surface area contributed by atoms with Gasteiger partial charge in [0.2, 0.25) is 5.91 Å². The summed E-state index contributed by atoms with van der Waals surface area (Å²) in [6, 6.07) is 17.1. The Morgan fingerprint density at radius 2 is 1.76 bits per heavy atom. The van der Waals surface area contributed by atoms with Crippen LogP contribution in [0.5, 0.6) is 0 Å². The molecule has 0 fully saturated rings. The van der Waals surface area contributed by atoms with Gasteiger partial charge in [-0.1, -0.05) is 54.1 Å². The molecule has 0 aromatic heterocycles. The van der Waals surface area contributed by atoms with E-state index in [-0.39, 0.29) is 19.1 Å². The van der Waals surface area contributed by atoms with Crippen LogP contribution in [-0.4, -0.2) is 29.4 Å². The zero-order chi connectivity index (χ0) is 18.5. The molecule has 0 bridgehead atoms. The molecule has 6 heteroatoms. The second-order valence-corrected chi connectivity index (χ2v) is 5.84. The monoisotopic (exact) mass is 365 g/mol. The zero-order valence-electron chi connectivity index (χ0n) is 14.2. The van der Waals surface area contributed by atoms with E-state index in [4.69, 9.17) is 26.7 Å². The fraction of sp³-hybridized carbons (Fsp3) is 0.316. The Morgan fingerprint density at radius 3 is 2.24 bits per heavy atom. The summed E-state index contributed by atoms with van der Waals surface area (Å²) in [5.74, 6) is -0.437. The van der Waals surface area contributed by atoms with Crippen LogP contribution in [0.3, 0.4) is 0 Å². The maximum atomic E-state index is 11.0. The van der Waals surface area contributed by atoms with Crippen molar-refractivity contribution in [3.8, 4) is 0 Å². The number of amides is 1. The van der Waals surface area contributed by atoms with Gasteiger partial charge in [-0.15, -0.1) is 0 Å². The Kier molecular flexibility index (Phi) is 10.5. The Labute approximate surface area is 153 Å². The second kappa shape index (κ2) is 12.4. The van der Waals surface area contributed by atoms with Crippen molar-refractivity contribution >= 4 is 17.5 Å². The molecule has 0 aliphatic rings. The first kappa shape index (κ1) is 21.1. The van der Waals surface area contributed by atoms with Gasteiger partial charge < -0.3 is 9.84 Å². The molecule has 1 atom stereocenters. The molecule has 25 heavy (non-hydrogen) atoms. The Morgan fingerprint density at radius 1 is 1.12 bits per heavy atom. The van der Waals surface area contributed by atoms with Gasteiger partial charge in [0, 0.05) is 12.1 Å². The number of rotatable bonds is 7. The summed E-state index contributed by atoms with van der Waals surface area (Å²) >= 11 is 5.78. The van der Waals surface area contributed by atoms with Crippen LogP contribution in [0.4, 0.5) is 0 Å². The third kappa shape index (κ3) is 9.22. The first-order valence-electron chi connectivity index (χ1n) is 7.94. The first-order valence-corrected chi connectivity index (χ1v) is 8.31. The maximum absolute atomic E-state index is 11.0. The summed E-state index contributed by atoms with van der Waals surface area (Å²) in [5.41, 5.74) is 3.70. The molecule has 3 N–H and O–H groups in total. The summed E-state index contributed by atoms with van der Waals surface area (Å²) < 4.78 is 5.17. The number of carbonyl (C=O) groups excluding carboxylic acids is 1. The van der Waals surface area contributed by atoms with Gasteiger partial charge in [0.25, 0.3) is 0 Å². The third-order valence-electron chi connectivity index (χ3n) is 3.56. The molecule has 2 rings (SSSR count). The highest BCUT2D eigenvalue weighted by Crippen LogP contribution is 2.13. The number of aryl methyl sites for hydroxylation is 1. The molecule has 1 unspecified atom stereocenters. The molecule has 5 nitrogen and oxygen atoms in total. The molecule has 0 saturated carbocycles. The smallest absolute Gasteiger partial charge is 0.245 e. The molecular weight excluding hydrogens is 342 g/mol. The average Bonchev–Trinajstić information content (AvgIpc) is 2.67. The normalized spacial score (nSPS) is 11.2. The fourth-order valence-electron chi connectivity index (χ4n) is 2.12. The topological polar surface area (TPSA) is 78.8 Å². The van der Waals surface area contributed by atoms with E-state index in [1.807, 2.05) is 54.6 Å². The summed E-state index contributed by atoms with van der Waals surface area (Å²) in [7, 11) is 1.55. The quantitative estimate of drug-likeness (QED) is 0.519. The van der Waals surface area contributed by atoms with Gasteiger partial charge in [0.05, 0.1) is 19.1 Å². The molecule has 0 aliphatic carbocycles. The van der Waals surface area contributed by atoms with Gasteiger partial charge in [-0.3, -0.25) is 10.0 Å². The molecule has 2 aromatic carbocycles. The highest BCUT2D eigenvalue weighted by molar-refractivity contribution is 6.30. The number of aliphatic hydroxyl groups is 1. The van der Waals surface area contributed by atoms with Crippen molar-refractivity contribution in [1.82, 2.24) is 5.48 Å². The second-order valence-electron chi connectivity index (χ2n) is 5.41. The minimum absolute atomic E-state index is 0.140. The standard InChI is InChI=1S/C12H16ClNO3.C7H8O/c1-17-11(8-12(15)14-16)7-4-9-2-5-10(13)6-3-9;8-6-7-4-2-1-3-5-7/h2-3,5-6,11,16H,4,7-8H2,1H3,(H,14,15);1-5,8H,6H2. The van der Waals surface area contributed by atoms with E-state index < -0.39 is 5.91 Å². The van der Waals surface area contributed by atoms with Crippen LogP contribution in [0.25, 0.3) is 0 Å². The van der Waals surface area contributed by atoms with Crippen molar-refractivity contribution in [3.05, 3.63) is 70.7 Å². The Hall–Kier alpha value is -1.92. The molecular formula is C19H24ClNO4. The molecule has 0 heterocycles. The molecule has 0 aliphatic heterocycles. The van der Waals surface area contributed by atoms with E-state index in [0.29, 0.717) is 11.4 Å².